The van der Waals surface area contributed by atoms with Gasteiger partial charge in [-0.05, 0) is 38.8 Å². The summed E-state index contributed by atoms with van der Waals surface area (Å²) in [5.74, 6) is 0.896. The van der Waals surface area contributed by atoms with Crippen LogP contribution in [0, 0.1) is 5.92 Å². The van der Waals surface area contributed by atoms with Crippen molar-refractivity contribution in [1.29, 1.82) is 0 Å². The smallest absolute Gasteiger partial charge is 0.105 e. The Morgan fingerprint density at radius 1 is 1.42 bits per heavy atom. The number of piperidine rings is 1. The lowest BCUT2D eigenvalue weighted by atomic mass is 9.94. The van der Waals surface area contributed by atoms with Gasteiger partial charge in [-0.15, -0.1) is 0 Å². The summed E-state index contributed by atoms with van der Waals surface area (Å²) in [6.07, 6.45) is 3.82. The molecule has 1 atom stereocenters. The van der Waals surface area contributed by atoms with E-state index in [1.165, 1.54) is 19.3 Å². The van der Waals surface area contributed by atoms with Crippen molar-refractivity contribution in [2.24, 2.45) is 5.92 Å². The first-order valence-electron chi connectivity index (χ1n) is 5.08. The van der Waals surface area contributed by atoms with Crippen molar-refractivity contribution in [2.75, 3.05) is 19.8 Å². The molecule has 0 N–H and O–H groups in total. The molecule has 1 aliphatic rings. The molecular weight excluding hydrogens is 153 g/mol. The molecule has 1 unspecified atom stereocenters. The molecule has 0 aromatic heterocycles. The van der Waals surface area contributed by atoms with Gasteiger partial charge in [0.2, 0.25) is 0 Å². The van der Waals surface area contributed by atoms with Crippen molar-refractivity contribution in [1.82, 2.24) is 4.90 Å². The third-order valence-corrected chi connectivity index (χ3v) is 3.07. The number of hydrogen-bond donors (Lipinski definition) is 0. The lowest BCUT2D eigenvalue weighted by Gasteiger charge is -2.34. The van der Waals surface area contributed by atoms with Gasteiger partial charge >= 0.3 is 0 Å². The first-order valence-corrected chi connectivity index (χ1v) is 5.08. The molecular formula is C10H20FN. The van der Waals surface area contributed by atoms with Gasteiger partial charge in [-0.3, -0.25) is 4.90 Å². The highest BCUT2D eigenvalue weighted by Gasteiger charge is 2.21. The maximum Gasteiger partial charge on any atom is 0.105 e. The van der Waals surface area contributed by atoms with Crippen LogP contribution in [0.5, 0.6) is 0 Å². The Bertz CT molecular complexity index is 119. The van der Waals surface area contributed by atoms with Crippen molar-refractivity contribution < 1.29 is 4.39 Å². The minimum atomic E-state index is -0.198. The summed E-state index contributed by atoms with van der Waals surface area (Å²) in [6.45, 7) is 6.23. The van der Waals surface area contributed by atoms with E-state index in [1.54, 1.807) is 0 Å². The molecule has 0 bridgehead atoms. The number of hydrogen-bond acceptors (Lipinski definition) is 1. The van der Waals surface area contributed by atoms with Gasteiger partial charge in [0.25, 0.3) is 0 Å². The van der Waals surface area contributed by atoms with Crippen LogP contribution in [0.1, 0.15) is 33.1 Å². The molecule has 1 aliphatic heterocycles. The van der Waals surface area contributed by atoms with Gasteiger partial charge in [0, 0.05) is 6.04 Å². The first-order chi connectivity index (χ1) is 5.77. The number of rotatable bonds is 3. The monoisotopic (exact) mass is 173 g/mol. The minimum Gasteiger partial charge on any atom is -0.298 e. The Morgan fingerprint density at radius 3 is 2.42 bits per heavy atom. The SMILES string of the molecule is CCC1CCN(C(C)CF)CC1. The molecule has 1 rings (SSSR count). The molecule has 12 heavy (non-hydrogen) atoms. The summed E-state index contributed by atoms with van der Waals surface area (Å²) in [5, 5.41) is 0. The molecule has 1 fully saturated rings. The summed E-state index contributed by atoms with van der Waals surface area (Å²) in [7, 11) is 0. The van der Waals surface area contributed by atoms with Crippen LogP contribution in [0.4, 0.5) is 4.39 Å². The third-order valence-electron chi connectivity index (χ3n) is 3.07. The molecule has 1 saturated heterocycles. The van der Waals surface area contributed by atoms with E-state index in [1.807, 2.05) is 6.92 Å². The molecule has 2 heteroatoms. The number of likely N-dealkylation sites (tertiary alicyclic amines) is 1. The molecule has 0 saturated carbocycles. The van der Waals surface area contributed by atoms with E-state index in [2.05, 4.69) is 11.8 Å². The van der Waals surface area contributed by atoms with Gasteiger partial charge in [-0.1, -0.05) is 13.3 Å². The molecule has 0 aromatic rings. The predicted octanol–water partition coefficient (Wildman–Crippen LogP) is 2.47. The van der Waals surface area contributed by atoms with E-state index in [0.717, 1.165) is 19.0 Å². The quantitative estimate of drug-likeness (QED) is 0.633. The van der Waals surface area contributed by atoms with E-state index in [4.69, 9.17) is 0 Å². The molecule has 0 spiro atoms. The molecule has 0 aliphatic carbocycles. The average molecular weight is 173 g/mol. The third kappa shape index (κ3) is 2.44. The predicted molar refractivity (Wildman–Crippen MR) is 50.0 cm³/mol. The van der Waals surface area contributed by atoms with Crippen LogP contribution >= 0.6 is 0 Å². The normalized spacial score (nSPS) is 24.2. The van der Waals surface area contributed by atoms with Gasteiger partial charge < -0.3 is 0 Å². The number of alkyl halides is 1. The van der Waals surface area contributed by atoms with E-state index >= 15 is 0 Å². The highest BCUT2D eigenvalue weighted by Crippen LogP contribution is 2.21. The fourth-order valence-corrected chi connectivity index (χ4v) is 1.90. The topological polar surface area (TPSA) is 3.24 Å². The van der Waals surface area contributed by atoms with Crippen LogP contribution < -0.4 is 0 Å². The number of halogens is 1. The molecule has 1 nitrogen and oxygen atoms in total. The fraction of sp³-hybridized carbons (Fsp3) is 1.00. The second-order valence-corrected chi connectivity index (χ2v) is 3.89. The van der Waals surface area contributed by atoms with Crippen LogP contribution in [0.25, 0.3) is 0 Å². The molecule has 0 amide bonds. The Balaban J connectivity index is 2.25. The van der Waals surface area contributed by atoms with Gasteiger partial charge in [0.1, 0.15) is 6.67 Å². The number of nitrogens with zero attached hydrogens (tertiary/aromatic N) is 1. The zero-order valence-electron chi connectivity index (χ0n) is 8.22. The summed E-state index contributed by atoms with van der Waals surface area (Å²) >= 11 is 0. The van der Waals surface area contributed by atoms with E-state index in [9.17, 15) is 4.39 Å². The maximum absolute atomic E-state index is 12.3. The van der Waals surface area contributed by atoms with E-state index in [-0.39, 0.29) is 12.7 Å². The van der Waals surface area contributed by atoms with Gasteiger partial charge in [0.15, 0.2) is 0 Å². The Labute approximate surface area is 74.9 Å². The van der Waals surface area contributed by atoms with Crippen molar-refractivity contribution in [2.45, 2.75) is 39.2 Å². The largest absolute Gasteiger partial charge is 0.298 e. The van der Waals surface area contributed by atoms with Crippen molar-refractivity contribution >= 4 is 0 Å². The van der Waals surface area contributed by atoms with Crippen molar-refractivity contribution in [3.8, 4) is 0 Å². The minimum absolute atomic E-state index is 0.141. The zero-order valence-corrected chi connectivity index (χ0v) is 8.22. The van der Waals surface area contributed by atoms with Crippen LogP contribution in [-0.2, 0) is 0 Å². The van der Waals surface area contributed by atoms with Crippen LogP contribution in [0.15, 0.2) is 0 Å². The van der Waals surface area contributed by atoms with Gasteiger partial charge in [0.05, 0.1) is 0 Å². The lowest BCUT2D eigenvalue weighted by Crippen LogP contribution is -2.40. The molecule has 72 valence electrons. The second kappa shape index (κ2) is 4.80. The van der Waals surface area contributed by atoms with Gasteiger partial charge in [-0.2, -0.15) is 0 Å². The van der Waals surface area contributed by atoms with Crippen LogP contribution in [0.3, 0.4) is 0 Å². The highest BCUT2D eigenvalue weighted by atomic mass is 19.1. The molecule has 0 radical (unpaired) electrons. The standard InChI is InChI=1S/C10H20FN/c1-3-10-4-6-12(7-5-10)9(2)8-11/h9-10H,3-8H2,1-2H3. The summed E-state index contributed by atoms with van der Waals surface area (Å²) in [4.78, 5) is 2.27. The summed E-state index contributed by atoms with van der Waals surface area (Å²) in [5.41, 5.74) is 0. The van der Waals surface area contributed by atoms with E-state index in [0.29, 0.717) is 0 Å². The van der Waals surface area contributed by atoms with E-state index < -0.39 is 0 Å². The molecule has 0 aromatic carbocycles. The highest BCUT2D eigenvalue weighted by molar-refractivity contribution is 4.75. The van der Waals surface area contributed by atoms with Gasteiger partial charge in [-0.25, -0.2) is 4.39 Å². The van der Waals surface area contributed by atoms with Crippen molar-refractivity contribution in [3.63, 3.8) is 0 Å². The summed E-state index contributed by atoms with van der Waals surface area (Å²) in [6, 6.07) is 0.141. The zero-order chi connectivity index (χ0) is 8.97. The fourth-order valence-electron chi connectivity index (χ4n) is 1.90. The van der Waals surface area contributed by atoms with Crippen LogP contribution in [-0.4, -0.2) is 30.7 Å². The first kappa shape index (κ1) is 9.97. The Morgan fingerprint density at radius 2 is 2.00 bits per heavy atom. The van der Waals surface area contributed by atoms with Crippen molar-refractivity contribution in [3.05, 3.63) is 0 Å². The maximum atomic E-state index is 12.3. The molecule has 1 heterocycles. The second-order valence-electron chi connectivity index (χ2n) is 3.89. The average Bonchev–Trinajstić information content (AvgIpc) is 2.17. The summed E-state index contributed by atoms with van der Waals surface area (Å²) < 4.78 is 12.3. The Kier molecular flexibility index (Phi) is 3.99. The lowest BCUT2D eigenvalue weighted by molar-refractivity contribution is 0.122. The Hall–Kier alpha value is -0.110. The van der Waals surface area contributed by atoms with Crippen LogP contribution in [0.2, 0.25) is 0 Å².